The second-order valence-corrected chi connectivity index (χ2v) is 5.26. The molecule has 3 nitrogen and oxygen atoms in total. The van der Waals surface area contributed by atoms with Gasteiger partial charge < -0.3 is 9.73 Å². The Kier molecular flexibility index (Phi) is 3.46. The summed E-state index contributed by atoms with van der Waals surface area (Å²) in [6, 6.07) is 3.40. The highest BCUT2D eigenvalue weighted by Gasteiger charge is 2.23. The molecule has 4 heteroatoms. The predicted molar refractivity (Wildman–Crippen MR) is 61.1 cm³/mol. The Morgan fingerprint density at radius 2 is 2.47 bits per heavy atom. The molecule has 1 fully saturated rings. The van der Waals surface area contributed by atoms with Crippen LogP contribution in [-0.2, 0) is 0 Å². The van der Waals surface area contributed by atoms with E-state index in [1.807, 2.05) is 0 Å². The number of halogens is 1. The molecule has 1 N–H and O–H groups in total. The summed E-state index contributed by atoms with van der Waals surface area (Å²) in [6.07, 6.45) is 5.06. The lowest BCUT2D eigenvalue weighted by molar-refractivity contribution is 0.0919. The highest BCUT2D eigenvalue weighted by molar-refractivity contribution is 9.09. The molecule has 1 aromatic heterocycles. The van der Waals surface area contributed by atoms with Crippen LogP contribution >= 0.6 is 15.9 Å². The molecule has 1 aromatic rings. The number of nitrogens with one attached hydrogen (secondary N) is 1. The zero-order valence-electron chi connectivity index (χ0n) is 8.41. The van der Waals surface area contributed by atoms with Gasteiger partial charge in [-0.2, -0.15) is 0 Å². The van der Waals surface area contributed by atoms with Crippen LogP contribution in [0.15, 0.2) is 22.8 Å². The summed E-state index contributed by atoms with van der Waals surface area (Å²) in [4.78, 5) is 12.2. The molecule has 2 unspecified atom stereocenters. The van der Waals surface area contributed by atoms with Crippen molar-refractivity contribution in [3.8, 4) is 0 Å². The van der Waals surface area contributed by atoms with Crippen molar-refractivity contribution >= 4 is 21.8 Å². The number of carbonyl (C=O) groups excluding carboxylic acids is 1. The molecule has 1 saturated carbocycles. The Morgan fingerprint density at radius 3 is 3.07 bits per heavy atom. The molecule has 2 rings (SSSR count). The van der Waals surface area contributed by atoms with Gasteiger partial charge in [0.05, 0.1) is 6.26 Å². The molecule has 0 bridgehead atoms. The van der Waals surface area contributed by atoms with Crippen LogP contribution in [-0.4, -0.2) is 17.3 Å². The zero-order chi connectivity index (χ0) is 10.7. The Balaban J connectivity index is 1.76. The Labute approximate surface area is 97.4 Å². The summed E-state index contributed by atoms with van der Waals surface area (Å²) in [5.74, 6) is 0.884. The first-order chi connectivity index (χ1) is 7.25. The molecule has 2 atom stereocenters. The first-order valence-corrected chi connectivity index (χ1v) is 6.13. The van der Waals surface area contributed by atoms with Gasteiger partial charge in [0.1, 0.15) is 0 Å². The third kappa shape index (κ3) is 2.84. The molecule has 15 heavy (non-hydrogen) atoms. The monoisotopic (exact) mass is 271 g/mol. The van der Waals surface area contributed by atoms with E-state index in [2.05, 4.69) is 21.2 Å². The molecular formula is C11H14BrNO2. The van der Waals surface area contributed by atoms with Crippen molar-refractivity contribution in [3.63, 3.8) is 0 Å². The molecule has 82 valence electrons. The summed E-state index contributed by atoms with van der Waals surface area (Å²) in [7, 11) is 0. The molecule has 0 spiro atoms. The molecule has 1 aliphatic carbocycles. The molecule has 0 saturated heterocycles. The number of carbonyl (C=O) groups is 1. The number of hydrogen-bond acceptors (Lipinski definition) is 2. The maximum Gasteiger partial charge on any atom is 0.286 e. The van der Waals surface area contributed by atoms with E-state index in [1.54, 1.807) is 12.1 Å². The molecule has 1 heterocycles. The largest absolute Gasteiger partial charge is 0.459 e. The van der Waals surface area contributed by atoms with Crippen molar-refractivity contribution in [2.24, 2.45) is 5.92 Å². The van der Waals surface area contributed by atoms with Crippen LogP contribution in [0.1, 0.15) is 29.8 Å². The lowest BCUT2D eigenvalue weighted by Gasteiger charge is -2.09. The van der Waals surface area contributed by atoms with Gasteiger partial charge in [0.2, 0.25) is 0 Å². The van der Waals surface area contributed by atoms with Crippen LogP contribution in [0.2, 0.25) is 0 Å². The third-order valence-electron chi connectivity index (χ3n) is 2.77. The van der Waals surface area contributed by atoms with Crippen LogP contribution in [0.25, 0.3) is 0 Å². The van der Waals surface area contributed by atoms with E-state index in [4.69, 9.17) is 4.42 Å². The highest BCUT2D eigenvalue weighted by atomic mass is 79.9. The topological polar surface area (TPSA) is 42.2 Å². The average Bonchev–Trinajstić information content (AvgIpc) is 2.84. The Bertz CT molecular complexity index is 323. The normalized spacial score (nSPS) is 25.4. The number of amides is 1. The van der Waals surface area contributed by atoms with Gasteiger partial charge in [0.25, 0.3) is 5.91 Å². The van der Waals surface area contributed by atoms with E-state index in [-0.39, 0.29) is 5.91 Å². The fourth-order valence-corrected chi connectivity index (χ4v) is 2.72. The van der Waals surface area contributed by atoms with Gasteiger partial charge >= 0.3 is 0 Å². The predicted octanol–water partition coefficient (Wildman–Crippen LogP) is 2.57. The lowest BCUT2D eigenvalue weighted by Crippen LogP contribution is -2.28. The molecule has 0 aliphatic heterocycles. The van der Waals surface area contributed by atoms with Crippen molar-refractivity contribution in [1.82, 2.24) is 5.32 Å². The van der Waals surface area contributed by atoms with Crippen molar-refractivity contribution in [2.75, 3.05) is 6.54 Å². The molecule has 1 amide bonds. The minimum atomic E-state index is -0.113. The first kappa shape index (κ1) is 10.7. The standard InChI is InChI=1S/C11H14BrNO2/c12-9-4-3-8(6-9)7-13-11(14)10-2-1-5-15-10/h1-2,5,8-9H,3-4,6-7H2,(H,13,14). The van der Waals surface area contributed by atoms with Crippen LogP contribution in [0, 0.1) is 5.92 Å². The summed E-state index contributed by atoms with van der Waals surface area (Å²) < 4.78 is 5.01. The van der Waals surface area contributed by atoms with E-state index < -0.39 is 0 Å². The van der Waals surface area contributed by atoms with E-state index >= 15 is 0 Å². The van der Waals surface area contributed by atoms with Crippen molar-refractivity contribution < 1.29 is 9.21 Å². The summed E-state index contributed by atoms with van der Waals surface area (Å²) >= 11 is 3.59. The summed E-state index contributed by atoms with van der Waals surface area (Å²) in [6.45, 7) is 0.752. The van der Waals surface area contributed by atoms with E-state index in [0.717, 1.165) is 13.0 Å². The van der Waals surface area contributed by atoms with Crippen molar-refractivity contribution in [2.45, 2.75) is 24.1 Å². The number of furan rings is 1. The second-order valence-electron chi connectivity index (χ2n) is 3.96. The fourth-order valence-electron chi connectivity index (χ4n) is 1.93. The Hall–Kier alpha value is -0.770. The SMILES string of the molecule is O=C(NCC1CCC(Br)C1)c1ccco1. The maximum atomic E-state index is 11.5. The summed E-state index contributed by atoms with van der Waals surface area (Å²) in [5.41, 5.74) is 0. The molecular weight excluding hydrogens is 258 g/mol. The minimum Gasteiger partial charge on any atom is -0.459 e. The molecule has 1 aliphatic rings. The van der Waals surface area contributed by atoms with Gasteiger partial charge in [-0.15, -0.1) is 0 Å². The quantitative estimate of drug-likeness (QED) is 0.859. The lowest BCUT2D eigenvalue weighted by atomic mass is 10.1. The van der Waals surface area contributed by atoms with Gasteiger partial charge in [-0.25, -0.2) is 0 Å². The summed E-state index contributed by atoms with van der Waals surface area (Å²) in [5, 5.41) is 2.89. The number of rotatable bonds is 3. The van der Waals surface area contributed by atoms with E-state index in [1.165, 1.54) is 19.1 Å². The van der Waals surface area contributed by atoms with Crippen LogP contribution in [0.4, 0.5) is 0 Å². The second kappa shape index (κ2) is 4.84. The van der Waals surface area contributed by atoms with Crippen molar-refractivity contribution in [3.05, 3.63) is 24.2 Å². The Morgan fingerprint density at radius 1 is 1.60 bits per heavy atom. The smallest absolute Gasteiger partial charge is 0.286 e. The van der Waals surface area contributed by atoms with Gasteiger partial charge in [0, 0.05) is 11.4 Å². The maximum absolute atomic E-state index is 11.5. The highest BCUT2D eigenvalue weighted by Crippen LogP contribution is 2.29. The average molecular weight is 272 g/mol. The zero-order valence-corrected chi connectivity index (χ0v) is 10.00. The molecule has 0 aromatic carbocycles. The van der Waals surface area contributed by atoms with Crippen LogP contribution in [0.3, 0.4) is 0 Å². The van der Waals surface area contributed by atoms with Gasteiger partial charge in [-0.3, -0.25) is 4.79 Å². The fraction of sp³-hybridized carbons (Fsp3) is 0.545. The van der Waals surface area contributed by atoms with Crippen molar-refractivity contribution in [1.29, 1.82) is 0 Å². The number of hydrogen-bond donors (Lipinski definition) is 1. The van der Waals surface area contributed by atoms with E-state index in [9.17, 15) is 4.79 Å². The molecule has 0 radical (unpaired) electrons. The van der Waals surface area contributed by atoms with Gasteiger partial charge in [-0.1, -0.05) is 15.9 Å². The van der Waals surface area contributed by atoms with E-state index in [0.29, 0.717) is 16.5 Å². The van der Waals surface area contributed by atoms with Gasteiger partial charge in [-0.05, 0) is 37.3 Å². The third-order valence-corrected chi connectivity index (χ3v) is 3.61. The number of alkyl halides is 1. The van der Waals surface area contributed by atoms with Crippen LogP contribution in [0.5, 0.6) is 0 Å². The van der Waals surface area contributed by atoms with Crippen LogP contribution < -0.4 is 5.32 Å². The van der Waals surface area contributed by atoms with Gasteiger partial charge in [0.15, 0.2) is 5.76 Å². The minimum absolute atomic E-state index is 0.113. The first-order valence-electron chi connectivity index (χ1n) is 5.21.